The van der Waals surface area contributed by atoms with Gasteiger partial charge in [-0.3, -0.25) is 5.32 Å². The third kappa shape index (κ3) is 4.46. The molecule has 0 spiro atoms. The Morgan fingerprint density at radius 1 is 1.50 bits per heavy atom. The standard InChI is InChI=1S/C9H13NO2/c1-4-7-10-8(5-2)12-9(11)6-3/h4-6,8,10H,1-3,7H2. The van der Waals surface area contributed by atoms with E-state index in [9.17, 15) is 4.79 Å². The van der Waals surface area contributed by atoms with Crippen LogP contribution in [0.4, 0.5) is 0 Å². The number of rotatable bonds is 6. The Hall–Kier alpha value is -1.35. The van der Waals surface area contributed by atoms with Crippen LogP contribution in [0, 0.1) is 0 Å². The summed E-state index contributed by atoms with van der Waals surface area (Å²) in [6, 6.07) is 0. The molecule has 0 amide bonds. The highest BCUT2D eigenvalue weighted by Gasteiger charge is 2.04. The average molecular weight is 167 g/mol. The minimum atomic E-state index is -0.478. The van der Waals surface area contributed by atoms with Gasteiger partial charge in [-0.25, -0.2) is 4.79 Å². The molecule has 66 valence electrons. The molecule has 0 rings (SSSR count). The van der Waals surface area contributed by atoms with Gasteiger partial charge in [0.15, 0.2) is 6.23 Å². The highest BCUT2D eigenvalue weighted by atomic mass is 16.6. The number of ether oxygens (including phenoxy) is 1. The molecule has 0 aliphatic rings. The van der Waals surface area contributed by atoms with E-state index in [1.54, 1.807) is 6.08 Å². The summed E-state index contributed by atoms with van der Waals surface area (Å²) in [7, 11) is 0. The topological polar surface area (TPSA) is 38.3 Å². The maximum Gasteiger partial charge on any atom is 0.331 e. The third-order valence-corrected chi connectivity index (χ3v) is 1.09. The Morgan fingerprint density at radius 2 is 2.17 bits per heavy atom. The van der Waals surface area contributed by atoms with E-state index < -0.39 is 12.2 Å². The molecule has 3 nitrogen and oxygen atoms in total. The average Bonchev–Trinajstić information content (AvgIpc) is 2.11. The van der Waals surface area contributed by atoms with Gasteiger partial charge in [0.25, 0.3) is 0 Å². The van der Waals surface area contributed by atoms with Crippen molar-refractivity contribution >= 4 is 5.97 Å². The van der Waals surface area contributed by atoms with Crippen molar-refractivity contribution in [2.24, 2.45) is 0 Å². The Kier molecular flexibility index (Phi) is 5.65. The van der Waals surface area contributed by atoms with Crippen LogP contribution in [0.25, 0.3) is 0 Å². The maximum absolute atomic E-state index is 10.7. The van der Waals surface area contributed by atoms with Gasteiger partial charge in [-0.05, 0) is 6.08 Å². The summed E-state index contributed by atoms with van der Waals surface area (Å²) in [6.07, 6.45) is 3.78. The van der Waals surface area contributed by atoms with Crippen LogP contribution in [0.5, 0.6) is 0 Å². The molecule has 0 fully saturated rings. The summed E-state index contributed by atoms with van der Waals surface area (Å²) in [4.78, 5) is 10.7. The minimum absolute atomic E-state index is 0.475. The second-order valence-electron chi connectivity index (χ2n) is 1.99. The molecule has 0 aromatic carbocycles. The van der Waals surface area contributed by atoms with Crippen LogP contribution in [-0.2, 0) is 9.53 Å². The summed E-state index contributed by atoms with van der Waals surface area (Å²) >= 11 is 0. The van der Waals surface area contributed by atoms with Crippen molar-refractivity contribution < 1.29 is 9.53 Å². The highest BCUT2D eigenvalue weighted by molar-refractivity contribution is 5.81. The fourth-order valence-corrected chi connectivity index (χ4v) is 0.546. The van der Waals surface area contributed by atoms with Gasteiger partial charge in [-0.15, -0.1) is 6.58 Å². The number of carbonyl (C=O) groups excluding carboxylic acids is 1. The molecule has 0 saturated carbocycles. The van der Waals surface area contributed by atoms with Crippen LogP contribution >= 0.6 is 0 Å². The fraction of sp³-hybridized carbons (Fsp3) is 0.222. The summed E-state index contributed by atoms with van der Waals surface area (Å²) in [5, 5.41) is 2.86. The van der Waals surface area contributed by atoms with E-state index in [2.05, 4.69) is 25.1 Å². The first-order valence-electron chi connectivity index (χ1n) is 3.54. The van der Waals surface area contributed by atoms with Crippen molar-refractivity contribution in [3.63, 3.8) is 0 Å². The van der Waals surface area contributed by atoms with E-state index >= 15 is 0 Å². The number of esters is 1. The maximum atomic E-state index is 10.7. The highest BCUT2D eigenvalue weighted by Crippen LogP contribution is 1.90. The van der Waals surface area contributed by atoms with Gasteiger partial charge in [-0.1, -0.05) is 19.2 Å². The monoisotopic (exact) mass is 167 g/mol. The molecule has 0 aromatic heterocycles. The normalized spacial score (nSPS) is 11.3. The van der Waals surface area contributed by atoms with Crippen molar-refractivity contribution in [3.8, 4) is 0 Å². The summed E-state index contributed by atoms with van der Waals surface area (Å²) < 4.78 is 4.82. The molecule has 3 heteroatoms. The SMILES string of the molecule is C=CCNC(C=C)OC(=O)C=C. The zero-order chi connectivity index (χ0) is 9.40. The fourth-order valence-electron chi connectivity index (χ4n) is 0.546. The zero-order valence-electron chi connectivity index (χ0n) is 6.95. The van der Waals surface area contributed by atoms with Crippen LogP contribution < -0.4 is 5.32 Å². The number of hydrogen-bond donors (Lipinski definition) is 1. The van der Waals surface area contributed by atoms with E-state index in [0.29, 0.717) is 6.54 Å². The van der Waals surface area contributed by atoms with E-state index in [1.807, 2.05) is 0 Å². The molecular formula is C9H13NO2. The minimum Gasteiger partial charge on any atom is -0.440 e. The van der Waals surface area contributed by atoms with Gasteiger partial charge >= 0.3 is 5.97 Å². The molecular weight excluding hydrogens is 154 g/mol. The number of nitrogens with one attached hydrogen (secondary N) is 1. The summed E-state index contributed by atoms with van der Waals surface area (Å²) in [5.41, 5.74) is 0. The van der Waals surface area contributed by atoms with E-state index in [4.69, 9.17) is 4.74 Å². The molecule has 12 heavy (non-hydrogen) atoms. The predicted molar refractivity (Wildman–Crippen MR) is 48.5 cm³/mol. The van der Waals surface area contributed by atoms with Gasteiger partial charge in [0.05, 0.1) is 0 Å². The van der Waals surface area contributed by atoms with Crippen molar-refractivity contribution in [1.29, 1.82) is 0 Å². The molecule has 1 atom stereocenters. The van der Waals surface area contributed by atoms with Crippen LogP contribution in [0.1, 0.15) is 0 Å². The molecule has 1 N–H and O–H groups in total. The largest absolute Gasteiger partial charge is 0.440 e. The quantitative estimate of drug-likeness (QED) is 0.277. The molecule has 0 heterocycles. The van der Waals surface area contributed by atoms with Gasteiger partial charge in [0, 0.05) is 12.6 Å². The first-order valence-corrected chi connectivity index (χ1v) is 3.54. The third-order valence-electron chi connectivity index (χ3n) is 1.09. The first kappa shape index (κ1) is 10.7. The Balaban J connectivity index is 3.81. The van der Waals surface area contributed by atoms with E-state index in [-0.39, 0.29) is 0 Å². The molecule has 0 bridgehead atoms. The smallest absolute Gasteiger partial charge is 0.331 e. The molecule has 0 radical (unpaired) electrons. The lowest BCUT2D eigenvalue weighted by Crippen LogP contribution is -2.31. The molecule has 0 aromatic rings. The van der Waals surface area contributed by atoms with Gasteiger partial charge < -0.3 is 4.74 Å². The zero-order valence-corrected chi connectivity index (χ0v) is 6.95. The lowest BCUT2D eigenvalue weighted by molar-refractivity contribution is -0.141. The summed E-state index contributed by atoms with van der Waals surface area (Å²) in [6.45, 7) is 10.8. The number of hydrogen-bond acceptors (Lipinski definition) is 3. The van der Waals surface area contributed by atoms with Crippen LogP contribution in [0.2, 0.25) is 0 Å². The second kappa shape index (κ2) is 6.37. The van der Waals surface area contributed by atoms with E-state index in [1.165, 1.54) is 6.08 Å². The Morgan fingerprint density at radius 3 is 2.58 bits per heavy atom. The molecule has 0 aliphatic heterocycles. The van der Waals surface area contributed by atoms with Crippen molar-refractivity contribution in [1.82, 2.24) is 5.32 Å². The first-order chi connectivity index (χ1) is 5.74. The van der Waals surface area contributed by atoms with Crippen LogP contribution in [-0.4, -0.2) is 18.7 Å². The lowest BCUT2D eigenvalue weighted by Gasteiger charge is -2.12. The van der Waals surface area contributed by atoms with Crippen LogP contribution in [0.3, 0.4) is 0 Å². The van der Waals surface area contributed by atoms with Crippen molar-refractivity contribution in [2.75, 3.05) is 6.54 Å². The van der Waals surface area contributed by atoms with Crippen molar-refractivity contribution in [3.05, 3.63) is 38.0 Å². The Labute approximate surface area is 72.4 Å². The van der Waals surface area contributed by atoms with E-state index in [0.717, 1.165) is 6.08 Å². The van der Waals surface area contributed by atoms with Crippen molar-refractivity contribution in [2.45, 2.75) is 6.23 Å². The van der Waals surface area contributed by atoms with Gasteiger partial charge in [-0.2, -0.15) is 0 Å². The Bertz CT molecular complexity index is 187. The predicted octanol–water partition coefficient (Wildman–Crippen LogP) is 1.00. The molecule has 1 unspecified atom stereocenters. The second-order valence-corrected chi connectivity index (χ2v) is 1.99. The van der Waals surface area contributed by atoms with Gasteiger partial charge in [0.1, 0.15) is 0 Å². The number of carbonyl (C=O) groups is 1. The molecule has 0 aliphatic carbocycles. The molecule has 0 saturated heterocycles. The van der Waals surface area contributed by atoms with Gasteiger partial charge in [0.2, 0.25) is 0 Å². The lowest BCUT2D eigenvalue weighted by atomic mass is 10.5. The summed E-state index contributed by atoms with van der Waals surface area (Å²) in [5.74, 6) is -0.475. The van der Waals surface area contributed by atoms with Crippen LogP contribution in [0.15, 0.2) is 38.0 Å².